The van der Waals surface area contributed by atoms with Crippen molar-refractivity contribution in [3.63, 3.8) is 0 Å². The molecule has 26 heavy (non-hydrogen) atoms. The molecule has 2 aromatic heterocycles. The van der Waals surface area contributed by atoms with Gasteiger partial charge in [-0.25, -0.2) is 0 Å². The van der Waals surface area contributed by atoms with E-state index in [0.29, 0.717) is 22.8 Å². The summed E-state index contributed by atoms with van der Waals surface area (Å²) in [6, 6.07) is 8.20. The van der Waals surface area contributed by atoms with Gasteiger partial charge >= 0.3 is 6.18 Å². The van der Waals surface area contributed by atoms with Gasteiger partial charge in [-0.3, -0.25) is 10.1 Å². The first kappa shape index (κ1) is 16.2. The number of fused-ring (bicyclic) bond motifs is 2. The van der Waals surface area contributed by atoms with E-state index in [1.54, 1.807) is 18.5 Å². The fourth-order valence-electron chi connectivity index (χ4n) is 3.15. The zero-order valence-electron chi connectivity index (χ0n) is 13.2. The molecule has 0 aliphatic rings. The van der Waals surface area contributed by atoms with Gasteiger partial charge in [0, 0.05) is 47.2 Å². The molecule has 2 aromatic carbocycles. The lowest BCUT2D eigenvalue weighted by molar-refractivity contribution is -0.384. The number of nitrogens with zero attached hydrogens (tertiary/aromatic N) is 1. The molecule has 2 heterocycles. The fourth-order valence-corrected chi connectivity index (χ4v) is 3.15. The van der Waals surface area contributed by atoms with Crippen molar-refractivity contribution in [3.05, 3.63) is 75.6 Å². The number of hydrogen-bond acceptors (Lipinski definition) is 2. The molecule has 0 saturated carbocycles. The lowest BCUT2D eigenvalue weighted by atomic mass is 10.0. The number of hydrogen-bond donors (Lipinski definition) is 2. The van der Waals surface area contributed by atoms with Crippen molar-refractivity contribution in [1.29, 1.82) is 0 Å². The number of halogens is 3. The van der Waals surface area contributed by atoms with E-state index >= 15 is 0 Å². The lowest BCUT2D eigenvalue weighted by Gasteiger charge is -2.06. The van der Waals surface area contributed by atoms with Gasteiger partial charge < -0.3 is 9.97 Å². The van der Waals surface area contributed by atoms with Gasteiger partial charge in [-0.05, 0) is 29.3 Å². The van der Waals surface area contributed by atoms with E-state index in [1.807, 2.05) is 0 Å². The van der Waals surface area contributed by atoms with Crippen molar-refractivity contribution >= 4 is 27.5 Å². The van der Waals surface area contributed by atoms with Crippen LogP contribution in [0.1, 0.15) is 16.7 Å². The number of aromatic amines is 2. The molecule has 5 nitrogen and oxygen atoms in total. The van der Waals surface area contributed by atoms with Crippen molar-refractivity contribution in [2.75, 3.05) is 0 Å². The van der Waals surface area contributed by atoms with Crippen LogP contribution < -0.4 is 0 Å². The summed E-state index contributed by atoms with van der Waals surface area (Å²) in [6.45, 7) is 0. The van der Waals surface area contributed by atoms with E-state index < -0.39 is 16.7 Å². The first-order valence-electron chi connectivity index (χ1n) is 7.74. The molecule has 0 radical (unpaired) electrons. The Morgan fingerprint density at radius 1 is 0.923 bits per heavy atom. The predicted molar refractivity (Wildman–Crippen MR) is 91.1 cm³/mol. The molecule has 132 valence electrons. The van der Waals surface area contributed by atoms with Gasteiger partial charge in [0.25, 0.3) is 5.69 Å². The van der Waals surface area contributed by atoms with Crippen LogP contribution in [0.15, 0.2) is 48.8 Å². The van der Waals surface area contributed by atoms with Crippen LogP contribution in [0.3, 0.4) is 0 Å². The predicted octanol–water partition coefficient (Wildman–Crippen LogP) is 5.17. The maximum atomic E-state index is 12.8. The molecule has 0 bridgehead atoms. The highest BCUT2D eigenvalue weighted by molar-refractivity contribution is 5.88. The molecule has 0 aliphatic heterocycles. The molecule has 0 fully saturated rings. The minimum atomic E-state index is -4.38. The molecular weight excluding hydrogens is 347 g/mol. The Hall–Kier alpha value is -3.29. The standard InChI is InChI=1S/C18H12F3N3O2/c19-18(20,21)12-1-3-14-10(8-22-16(14)6-12)5-11-9-23-17-7-13(24(25)26)2-4-15(11)17/h1-4,6-9,22-23H,5H2. The van der Waals surface area contributed by atoms with Gasteiger partial charge in [-0.1, -0.05) is 6.07 Å². The van der Waals surface area contributed by atoms with E-state index in [0.717, 1.165) is 28.6 Å². The Morgan fingerprint density at radius 2 is 1.50 bits per heavy atom. The summed E-state index contributed by atoms with van der Waals surface area (Å²) in [4.78, 5) is 16.3. The number of nitro groups is 1. The molecule has 4 aromatic rings. The highest BCUT2D eigenvalue weighted by Crippen LogP contribution is 2.33. The maximum Gasteiger partial charge on any atom is 0.416 e. The van der Waals surface area contributed by atoms with Gasteiger partial charge in [0.2, 0.25) is 0 Å². The van der Waals surface area contributed by atoms with Gasteiger partial charge in [0.05, 0.1) is 16.0 Å². The molecule has 0 amide bonds. The first-order chi connectivity index (χ1) is 12.3. The second-order valence-corrected chi connectivity index (χ2v) is 6.05. The second-order valence-electron chi connectivity index (χ2n) is 6.05. The zero-order chi connectivity index (χ0) is 18.5. The third-order valence-corrected chi connectivity index (χ3v) is 4.44. The average Bonchev–Trinajstić information content (AvgIpc) is 3.18. The zero-order valence-corrected chi connectivity index (χ0v) is 13.2. The molecule has 0 saturated heterocycles. The Kier molecular flexibility index (Phi) is 3.50. The Morgan fingerprint density at radius 3 is 2.08 bits per heavy atom. The maximum absolute atomic E-state index is 12.8. The van der Waals surface area contributed by atoms with Gasteiger partial charge in [-0.2, -0.15) is 13.2 Å². The van der Waals surface area contributed by atoms with Crippen LogP contribution in [0.5, 0.6) is 0 Å². The smallest absolute Gasteiger partial charge is 0.361 e. The van der Waals surface area contributed by atoms with Crippen molar-refractivity contribution < 1.29 is 18.1 Å². The summed E-state index contributed by atoms with van der Waals surface area (Å²) in [5, 5.41) is 12.4. The molecule has 0 spiro atoms. The summed E-state index contributed by atoms with van der Waals surface area (Å²) in [5.74, 6) is 0. The van der Waals surface area contributed by atoms with Gasteiger partial charge in [0.1, 0.15) is 0 Å². The monoisotopic (exact) mass is 359 g/mol. The summed E-state index contributed by atoms with van der Waals surface area (Å²) in [7, 11) is 0. The van der Waals surface area contributed by atoms with Crippen molar-refractivity contribution in [2.24, 2.45) is 0 Å². The number of rotatable bonds is 3. The topological polar surface area (TPSA) is 74.7 Å². The SMILES string of the molecule is O=[N+]([O-])c1ccc2c(Cc3c[nH]c4cc(C(F)(F)F)ccc34)c[nH]c2c1. The number of alkyl halides is 3. The summed E-state index contributed by atoms with van der Waals surface area (Å²) in [6.07, 6.45) is -0.444. The van der Waals surface area contributed by atoms with Crippen LogP contribution in [0, 0.1) is 10.1 Å². The molecule has 0 unspecified atom stereocenters. The minimum Gasteiger partial charge on any atom is -0.361 e. The van der Waals surface area contributed by atoms with Gasteiger partial charge in [0.15, 0.2) is 0 Å². The van der Waals surface area contributed by atoms with Crippen LogP contribution in [0.4, 0.5) is 18.9 Å². The normalized spacial score (nSPS) is 12.1. The van der Waals surface area contributed by atoms with Gasteiger partial charge in [-0.15, -0.1) is 0 Å². The third kappa shape index (κ3) is 2.69. The number of nitrogens with one attached hydrogen (secondary N) is 2. The minimum absolute atomic E-state index is 0.00215. The number of nitro benzene ring substituents is 1. The first-order valence-corrected chi connectivity index (χ1v) is 7.74. The average molecular weight is 359 g/mol. The van der Waals surface area contributed by atoms with Crippen LogP contribution in [0.25, 0.3) is 21.8 Å². The molecule has 4 rings (SSSR count). The van der Waals surface area contributed by atoms with Crippen LogP contribution in [-0.4, -0.2) is 14.9 Å². The van der Waals surface area contributed by atoms with E-state index in [4.69, 9.17) is 0 Å². The largest absolute Gasteiger partial charge is 0.416 e. The third-order valence-electron chi connectivity index (χ3n) is 4.44. The van der Waals surface area contributed by atoms with E-state index in [-0.39, 0.29) is 5.69 Å². The summed E-state index contributed by atoms with van der Waals surface area (Å²) >= 11 is 0. The van der Waals surface area contributed by atoms with Crippen molar-refractivity contribution in [1.82, 2.24) is 9.97 Å². The molecular formula is C18H12F3N3O2. The Balaban J connectivity index is 1.71. The number of non-ortho nitro benzene ring substituents is 1. The van der Waals surface area contributed by atoms with Crippen LogP contribution in [0.2, 0.25) is 0 Å². The summed E-state index contributed by atoms with van der Waals surface area (Å²) in [5.41, 5.74) is 2.14. The van der Waals surface area contributed by atoms with Crippen molar-refractivity contribution in [2.45, 2.75) is 12.6 Å². The fraction of sp³-hybridized carbons (Fsp3) is 0.111. The number of H-pyrrole nitrogens is 2. The van der Waals surface area contributed by atoms with Crippen molar-refractivity contribution in [3.8, 4) is 0 Å². The summed E-state index contributed by atoms with van der Waals surface area (Å²) < 4.78 is 38.5. The van der Waals surface area contributed by atoms with Crippen LogP contribution >= 0.6 is 0 Å². The lowest BCUT2D eigenvalue weighted by Crippen LogP contribution is -2.04. The van der Waals surface area contributed by atoms with Crippen LogP contribution in [-0.2, 0) is 12.6 Å². The molecule has 0 atom stereocenters. The highest BCUT2D eigenvalue weighted by Gasteiger charge is 2.30. The number of benzene rings is 2. The van der Waals surface area contributed by atoms with E-state index in [1.165, 1.54) is 18.2 Å². The molecule has 2 N–H and O–H groups in total. The highest BCUT2D eigenvalue weighted by atomic mass is 19.4. The second kappa shape index (κ2) is 5.62. The van der Waals surface area contributed by atoms with E-state index in [9.17, 15) is 23.3 Å². The molecule has 8 heteroatoms. The Labute approximate surface area is 144 Å². The quantitative estimate of drug-likeness (QED) is 0.391. The Bertz CT molecular complexity index is 1140. The van der Waals surface area contributed by atoms with E-state index in [2.05, 4.69) is 9.97 Å². The number of aromatic nitrogens is 2. The molecule has 0 aliphatic carbocycles.